The van der Waals surface area contributed by atoms with Gasteiger partial charge in [-0.25, -0.2) is 9.18 Å². The van der Waals surface area contributed by atoms with Gasteiger partial charge < -0.3 is 15.0 Å². The molecular weight excluding hydrogens is 529 g/mol. The van der Waals surface area contributed by atoms with Gasteiger partial charge in [0.1, 0.15) is 11.4 Å². The Balaban J connectivity index is 0.00000148. The third-order valence-electron chi connectivity index (χ3n) is 6.43. The van der Waals surface area contributed by atoms with Gasteiger partial charge >= 0.3 is 6.09 Å². The second kappa shape index (κ2) is 16.7. The third kappa shape index (κ3) is 10.6. The van der Waals surface area contributed by atoms with E-state index in [1.165, 1.54) is 6.07 Å². The maximum absolute atomic E-state index is 14.8. The molecule has 42 heavy (non-hydrogen) atoms. The zero-order valence-corrected chi connectivity index (χ0v) is 26.6. The Morgan fingerprint density at radius 1 is 0.857 bits per heavy atom. The Labute approximate surface area is 251 Å². The molecule has 0 unspecified atom stereocenters. The summed E-state index contributed by atoms with van der Waals surface area (Å²) < 4.78 is 20.3. The number of benzene rings is 3. The maximum atomic E-state index is 14.8. The van der Waals surface area contributed by atoms with Gasteiger partial charge in [0.15, 0.2) is 0 Å². The lowest BCUT2D eigenvalue weighted by Gasteiger charge is -2.35. The molecule has 1 fully saturated rings. The summed E-state index contributed by atoms with van der Waals surface area (Å²) in [5.74, 6) is -0.463. The lowest BCUT2D eigenvalue weighted by atomic mass is 10.00. The van der Waals surface area contributed by atoms with Crippen LogP contribution in [-0.2, 0) is 17.8 Å². The number of carbonyl (C=O) groups excluding carboxylic acids is 2. The van der Waals surface area contributed by atoms with Crippen LogP contribution in [0.5, 0.6) is 0 Å². The fourth-order valence-electron chi connectivity index (χ4n) is 4.48. The first-order valence-electron chi connectivity index (χ1n) is 15.0. The Kier molecular flexibility index (Phi) is 13.7. The minimum Gasteiger partial charge on any atom is -0.444 e. The molecule has 3 aromatic carbocycles. The number of aryl methyl sites for hydroxylation is 1. The molecule has 7 heteroatoms. The van der Waals surface area contributed by atoms with E-state index in [4.69, 9.17) is 4.74 Å². The number of piperazine rings is 1. The summed E-state index contributed by atoms with van der Waals surface area (Å²) >= 11 is 0. The van der Waals surface area contributed by atoms with Crippen molar-refractivity contribution in [3.05, 3.63) is 94.8 Å². The molecule has 1 aliphatic heterocycles. The lowest BCUT2D eigenvalue weighted by Crippen LogP contribution is -2.49. The van der Waals surface area contributed by atoms with Crippen LogP contribution in [0.2, 0.25) is 0 Å². The largest absolute Gasteiger partial charge is 0.444 e. The minimum atomic E-state index is -0.506. The van der Waals surface area contributed by atoms with E-state index in [0.29, 0.717) is 37.3 Å². The molecule has 4 rings (SSSR count). The smallest absolute Gasteiger partial charge is 0.410 e. The molecular formula is C35H48FN3O3. The molecule has 1 saturated heterocycles. The average molecular weight is 578 g/mol. The normalized spacial score (nSPS) is 13.2. The number of rotatable bonds is 6. The minimum absolute atomic E-state index is 0.159. The maximum Gasteiger partial charge on any atom is 0.410 e. The van der Waals surface area contributed by atoms with Crippen molar-refractivity contribution < 1.29 is 18.7 Å². The Morgan fingerprint density at radius 2 is 1.52 bits per heavy atom. The molecule has 1 N–H and O–H groups in total. The van der Waals surface area contributed by atoms with Crippen molar-refractivity contribution in [1.82, 2.24) is 15.1 Å². The number of carbonyl (C=O) groups is 2. The highest BCUT2D eigenvalue weighted by atomic mass is 19.1. The lowest BCUT2D eigenvalue weighted by molar-refractivity contribution is 0.0139. The average Bonchev–Trinajstić information content (AvgIpc) is 2.98. The van der Waals surface area contributed by atoms with Crippen molar-refractivity contribution in [2.75, 3.05) is 26.2 Å². The Morgan fingerprint density at radius 3 is 2.17 bits per heavy atom. The summed E-state index contributed by atoms with van der Waals surface area (Å²) in [6.07, 6.45) is -0.274. The van der Waals surface area contributed by atoms with Crippen LogP contribution in [-0.4, -0.2) is 53.6 Å². The van der Waals surface area contributed by atoms with Gasteiger partial charge in [0.25, 0.3) is 5.91 Å². The molecule has 0 bridgehead atoms. The zero-order valence-electron chi connectivity index (χ0n) is 26.6. The molecule has 0 saturated carbocycles. The number of amides is 2. The second-order valence-electron chi connectivity index (χ2n) is 10.8. The fraction of sp³-hybridized carbons (Fsp3) is 0.429. The number of halogens is 1. The van der Waals surface area contributed by atoms with Gasteiger partial charge in [-0.15, -0.1) is 0 Å². The SMILES string of the molecule is CC.CC.Cc1cccc(C(=O)NCc2ccc(F)c(-c3cccc(CN4CCN(C(=O)OC(C)(C)C)CC4)c3)c2)c1. The van der Waals surface area contributed by atoms with Gasteiger partial charge in [0.05, 0.1) is 0 Å². The van der Waals surface area contributed by atoms with E-state index in [-0.39, 0.29) is 17.8 Å². The van der Waals surface area contributed by atoms with Crippen LogP contribution in [0.4, 0.5) is 9.18 Å². The first-order valence-corrected chi connectivity index (χ1v) is 15.0. The van der Waals surface area contributed by atoms with Crippen molar-refractivity contribution in [2.45, 2.75) is 74.1 Å². The summed E-state index contributed by atoms with van der Waals surface area (Å²) in [4.78, 5) is 28.9. The van der Waals surface area contributed by atoms with Crippen molar-refractivity contribution in [3.8, 4) is 11.1 Å². The summed E-state index contributed by atoms with van der Waals surface area (Å²) in [7, 11) is 0. The summed E-state index contributed by atoms with van der Waals surface area (Å²) in [6.45, 7) is 19.3. The number of hydrogen-bond acceptors (Lipinski definition) is 4. The molecule has 6 nitrogen and oxygen atoms in total. The predicted octanol–water partition coefficient (Wildman–Crippen LogP) is 7.84. The predicted molar refractivity (Wildman–Crippen MR) is 170 cm³/mol. The second-order valence-corrected chi connectivity index (χ2v) is 10.8. The van der Waals surface area contributed by atoms with Crippen molar-refractivity contribution in [2.24, 2.45) is 0 Å². The quantitative estimate of drug-likeness (QED) is 0.324. The molecule has 2 amide bonds. The third-order valence-corrected chi connectivity index (χ3v) is 6.43. The van der Waals surface area contributed by atoms with Crippen LogP contribution in [0.25, 0.3) is 11.1 Å². The van der Waals surface area contributed by atoms with Crippen molar-refractivity contribution in [1.29, 1.82) is 0 Å². The fourth-order valence-corrected chi connectivity index (χ4v) is 4.48. The topological polar surface area (TPSA) is 61.9 Å². The van der Waals surface area contributed by atoms with E-state index in [1.54, 1.807) is 23.1 Å². The number of ether oxygens (including phenoxy) is 1. The molecule has 228 valence electrons. The van der Waals surface area contributed by atoms with E-state index in [9.17, 15) is 14.0 Å². The molecule has 1 aliphatic rings. The van der Waals surface area contributed by atoms with Gasteiger partial charge in [-0.2, -0.15) is 0 Å². The summed E-state index contributed by atoms with van der Waals surface area (Å²) in [5, 5.41) is 2.93. The first-order chi connectivity index (χ1) is 20.1. The van der Waals surface area contributed by atoms with E-state index < -0.39 is 5.60 Å². The highest BCUT2D eigenvalue weighted by molar-refractivity contribution is 5.94. The first kappa shape index (κ1) is 34.5. The zero-order chi connectivity index (χ0) is 31.3. The van der Waals surface area contributed by atoms with Gasteiger partial charge in [-0.3, -0.25) is 9.69 Å². The van der Waals surface area contributed by atoms with E-state index in [1.807, 2.05) is 97.9 Å². The Bertz CT molecular complexity index is 1290. The monoisotopic (exact) mass is 577 g/mol. The highest BCUT2D eigenvalue weighted by Gasteiger charge is 2.25. The molecule has 0 aromatic heterocycles. The van der Waals surface area contributed by atoms with Crippen LogP contribution >= 0.6 is 0 Å². The van der Waals surface area contributed by atoms with E-state index in [2.05, 4.69) is 10.2 Å². The van der Waals surface area contributed by atoms with Crippen LogP contribution < -0.4 is 5.32 Å². The van der Waals surface area contributed by atoms with Crippen LogP contribution in [0.3, 0.4) is 0 Å². The number of hydrogen-bond donors (Lipinski definition) is 1. The van der Waals surface area contributed by atoms with Gasteiger partial charge in [0, 0.05) is 50.4 Å². The van der Waals surface area contributed by atoms with Crippen molar-refractivity contribution in [3.63, 3.8) is 0 Å². The van der Waals surface area contributed by atoms with Crippen molar-refractivity contribution >= 4 is 12.0 Å². The summed E-state index contributed by atoms with van der Waals surface area (Å²) in [5.41, 5.74) is 4.31. The molecule has 0 radical (unpaired) electrons. The molecule has 0 spiro atoms. The van der Waals surface area contributed by atoms with Gasteiger partial charge in [-0.05, 0) is 74.7 Å². The van der Waals surface area contributed by atoms with Crippen LogP contribution in [0, 0.1) is 12.7 Å². The molecule has 0 atom stereocenters. The van der Waals surface area contributed by atoms with E-state index in [0.717, 1.165) is 35.3 Å². The number of nitrogens with one attached hydrogen (secondary N) is 1. The number of nitrogens with zero attached hydrogens (tertiary/aromatic N) is 2. The molecule has 1 heterocycles. The van der Waals surface area contributed by atoms with Gasteiger partial charge in [-0.1, -0.05) is 69.7 Å². The molecule has 3 aromatic rings. The Hall–Kier alpha value is -3.71. The summed E-state index contributed by atoms with van der Waals surface area (Å²) in [6, 6.07) is 20.2. The van der Waals surface area contributed by atoms with Gasteiger partial charge in [0.2, 0.25) is 0 Å². The standard InChI is InChI=1S/C31H36FN3O3.2C2H6/c1-22-7-5-10-26(17-22)29(36)33-20-23-11-12-28(32)27(19-23)25-9-6-8-24(18-25)21-34-13-15-35(16-14-34)30(37)38-31(2,3)4;2*1-2/h5-12,17-19H,13-16,20-21H2,1-4H3,(H,33,36);2*1-2H3. The molecule has 0 aliphatic carbocycles. The highest BCUT2D eigenvalue weighted by Crippen LogP contribution is 2.26. The van der Waals surface area contributed by atoms with Crippen LogP contribution in [0.1, 0.15) is 75.5 Å². The van der Waals surface area contributed by atoms with E-state index >= 15 is 0 Å². The van der Waals surface area contributed by atoms with Crippen LogP contribution in [0.15, 0.2) is 66.7 Å².